The number of nitrogens with zero attached hydrogens (tertiary/aromatic N) is 2. The lowest BCUT2D eigenvalue weighted by Gasteiger charge is -2.23. The van der Waals surface area contributed by atoms with Gasteiger partial charge in [-0.3, -0.25) is 4.98 Å². The molecule has 5 nitrogen and oxygen atoms in total. The first-order valence-electron chi connectivity index (χ1n) is 7.45. The van der Waals surface area contributed by atoms with E-state index >= 15 is 0 Å². The fraction of sp³-hybridized carbons (Fsp3) is 0.500. The van der Waals surface area contributed by atoms with Gasteiger partial charge in [0.05, 0.1) is 23.6 Å². The Labute approximate surface area is 148 Å². The van der Waals surface area contributed by atoms with Crippen LogP contribution in [0.2, 0.25) is 0 Å². The van der Waals surface area contributed by atoms with Crippen molar-refractivity contribution in [2.75, 3.05) is 13.1 Å². The lowest BCUT2D eigenvalue weighted by atomic mass is 9.94. The van der Waals surface area contributed by atoms with Gasteiger partial charge in [-0.2, -0.15) is 0 Å². The van der Waals surface area contributed by atoms with Crippen LogP contribution < -0.4 is 5.32 Å². The number of rotatable bonds is 3. The molecule has 7 heteroatoms. The van der Waals surface area contributed by atoms with Crippen molar-refractivity contribution in [3.63, 3.8) is 0 Å². The Morgan fingerprint density at radius 2 is 2.09 bits per heavy atom. The van der Waals surface area contributed by atoms with Crippen LogP contribution in [0.3, 0.4) is 0 Å². The van der Waals surface area contributed by atoms with E-state index in [1.807, 2.05) is 26.0 Å². The third-order valence-electron chi connectivity index (χ3n) is 4.16. The van der Waals surface area contributed by atoms with E-state index in [0.717, 1.165) is 53.5 Å². The van der Waals surface area contributed by atoms with Crippen LogP contribution in [-0.4, -0.2) is 28.3 Å². The van der Waals surface area contributed by atoms with E-state index in [2.05, 4.69) is 10.5 Å². The van der Waals surface area contributed by atoms with Crippen LogP contribution in [0.4, 0.5) is 0 Å². The summed E-state index contributed by atoms with van der Waals surface area (Å²) in [4.78, 5) is 4.83. The molecule has 2 aromatic heterocycles. The third-order valence-corrected chi connectivity index (χ3v) is 4.16. The Morgan fingerprint density at radius 3 is 2.65 bits per heavy atom. The third kappa shape index (κ3) is 4.04. The molecule has 0 amide bonds. The van der Waals surface area contributed by atoms with Crippen molar-refractivity contribution in [3.8, 4) is 11.3 Å². The Hall–Kier alpha value is -1.14. The van der Waals surface area contributed by atoms with E-state index < -0.39 is 0 Å². The molecule has 0 bridgehead atoms. The average Bonchev–Trinajstić information content (AvgIpc) is 2.86. The molecule has 0 aromatic carbocycles. The molecule has 1 atom stereocenters. The highest BCUT2D eigenvalue weighted by molar-refractivity contribution is 5.85. The minimum absolute atomic E-state index is 0. The van der Waals surface area contributed by atoms with Gasteiger partial charge in [-0.15, -0.1) is 24.8 Å². The number of nitrogens with one attached hydrogen (secondary N) is 1. The fourth-order valence-electron chi connectivity index (χ4n) is 3.00. The van der Waals surface area contributed by atoms with Crippen molar-refractivity contribution >= 4 is 24.8 Å². The summed E-state index contributed by atoms with van der Waals surface area (Å²) in [6.07, 6.45) is 2.33. The maximum Gasteiger partial charge on any atom is 0.143 e. The second-order valence-electron chi connectivity index (χ2n) is 5.64. The maximum absolute atomic E-state index is 9.60. The zero-order valence-electron chi connectivity index (χ0n) is 13.3. The molecule has 0 spiro atoms. The first kappa shape index (κ1) is 19.9. The highest BCUT2D eigenvalue weighted by Crippen LogP contribution is 2.31. The van der Waals surface area contributed by atoms with Gasteiger partial charge in [-0.25, -0.2) is 0 Å². The molecule has 2 aromatic rings. The van der Waals surface area contributed by atoms with Crippen molar-refractivity contribution < 1.29 is 9.63 Å². The fourth-order valence-corrected chi connectivity index (χ4v) is 3.00. The molecule has 23 heavy (non-hydrogen) atoms. The van der Waals surface area contributed by atoms with Gasteiger partial charge in [-0.05, 0) is 39.3 Å². The summed E-state index contributed by atoms with van der Waals surface area (Å²) < 4.78 is 5.25. The molecule has 1 saturated heterocycles. The van der Waals surface area contributed by atoms with Gasteiger partial charge in [0.25, 0.3) is 0 Å². The van der Waals surface area contributed by atoms with E-state index in [9.17, 15) is 5.11 Å². The van der Waals surface area contributed by atoms with Gasteiger partial charge < -0.3 is 14.9 Å². The highest BCUT2D eigenvalue weighted by atomic mass is 35.5. The Kier molecular flexibility index (Phi) is 7.48. The van der Waals surface area contributed by atoms with Crippen molar-refractivity contribution in [3.05, 3.63) is 34.8 Å². The summed E-state index contributed by atoms with van der Waals surface area (Å²) in [5.74, 6) is 1.18. The van der Waals surface area contributed by atoms with E-state index in [0.29, 0.717) is 5.92 Å². The molecular formula is C16H23Cl2N3O2. The van der Waals surface area contributed by atoms with E-state index in [1.54, 1.807) is 0 Å². The van der Waals surface area contributed by atoms with E-state index in [-0.39, 0.29) is 31.4 Å². The molecule has 3 rings (SSSR count). The van der Waals surface area contributed by atoms with Gasteiger partial charge in [0, 0.05) is 23.7 Å². The largest absolute Gasteiger partial charge is 0.392 e. The molecule has 0 saturated carbocycles. The van der Waals surface area contributed by atoms with Crippen molar-refractivity contribution in [2.24, 2.45) is 0 Å². The topological polar surface area (TPSA) is 71.2 Å². The van der Waals surface area contributed by atoms with Crippen molar-refractivity contribution in [2.45, 2.75) is 39.2 Å². The number of hydrogen-bond donors (Lipinski definition) is 2. The Morgan fingerprint density at radius 1 is 1.30 bits per heavy atom. The standard InChI is InChI=1S/C16H21N3O2.2ClH/c1-10-15(11(2)21-19-10)16-13(9-20)5-6-14(18-16)12-4-3-7-17-8-12;;/h5-6,12,17,20H,3-4,7-9H2,1-2H3;2*1H. The molecule has 0 radical (unpaired) electrons. The average molecular weight is 360 g/mol. The van der Waals surface area contributed by atoms with E-state index in [1.165, 1.54) is 6.42 Å². The van der Waals surface area contributed by atoms with Gasteiger partial charge in [0.1, 0.15) is 5.76 Å². The maximum atomic E-state index is 9.60. The number of aliphatic hydroxyl groups excluding tert-OH is 1. The lowest BCUT2D eigenvalue weighted by Crippen LogP contribution is -2.28. The molecule has 2 N–H and O–H groups in total. The molecule has 1 aliphatic heterocycles. The first-order valence-corrected chi connectivity index (χ1v) is 7.45. The van der Waals surface area contributed by atoms with Crippen LogP contribution in [0.15, 0.2) is 16.7 Å². The molecule has 1 unspecified atom stereocenters. The van der Waals surface area contributed by atoms with Crippen LogP contribution in [0.1, 0.15) is 41.5 Å². The smallest absolute Gasteiger partial charge is 0.143 e. The summed E-state index contributed by atoms with van der Waals surface area (Å²) in [6.45, 7) is 5.81. The second-order valence-corrected chi connectivity index (χ2v) is 5.64. The quantitative estimate of drug-likeness (QED) is 0.880. The summed E-state index contributed by atoms with van der Waals surface area (Å²) >= 11 is 0. The number of halogens is 2. The number of hydrogen-bond acceptors (Lipinski definition) is 5. The number of aliphatic hydroxyl groups is 1. The first-order chi connectivity index (χ1) is 10.2. The van der Waals surface area contributed by atoms with Gasteiger partial charge in [-0.1, -0.05) is 11.2 Å². The highest BCUT2D eigenvalue weighted by Gasteiger charge is 2.21. The number of aromatic nitrogens is 2. The molecular weight excluding hydrogens is 337 g/mol. The van der Waals surface area contributed by atoms with Crippen LogP contribution in [0.25, 0.3) is 11.3 Å². The molecule has 0 aliphatic carbocycles. The SMILES string of the molecule is Cc1noc(C)c1-c1nc(C2CCCNC2)ccc1CO.Cl.Cl. The number of aryl methyl sites for hydroxylation is 2. The number of piperidine rings is 1. The predicted octanol–water partition coefficient (Wildman–Crippen LogP) is 3.16. The summed E-state index contributed by atoms with van der Waals surface area (Å²) in [5.41, 5.74) is 4.42. The minimum Gasteiger partial charge on any atom is -0.392 e. The lowest BCUT2D eigenvalue weighted by molar-refractivity contribution is 0.282. The van der Waals surface area contributed by atoms with Crippen LogP contribution >= 0.6 is 24.8 Å². The van der Waals surface area contributed by atoms with Crippen LogP contribution in [0.5, 0.6) is 0 Å². The van der Waals surface area contributed by atoms with Gasteiger partial charge in [0.2, 0.25) is 0 Å². The molecule has 3 heterocycles. The predicted molar refractivity (Wildman–Crippen MR) is 94.5 cm³/mol. The summed E-state index contributed by atoms with van der Waals surface area (Å²) in [6, 6.07) is 4.00. The summed E-state index contributed by atoms with van der Waals surface area (Å²) in [7, 11) is 0. The van der Waals surface area contributed by atoms with E-state index in [4.69, 9.17) is 9.51 Å². The zero-order chi connectivity index (χ0) is 14.8. The molecule has 1 aliphatic rings. The van der Waals surface area contributed by atoms with Crippen LogP contribution in [-0.2, 0) is 6.61 Å². The van der Waals surface area contributed by atoms with Crippen molar-refractivity contribution in [1.82, 2.24) is 15.5 Å². The monoisotopic (exact) mass is 359 g/mol. The Balaban J connectivity index is 0.00000132. The normalized spacial score (nSPS) is 17.3. The molecule has 1 fully saturated rings. The molecule has 128 valence electrons. The summed E-state index contributed by atoms with van der Waals surface area (Å²) in [5, 5.41) is 17.0. The Bertz CT molecular complexity index is 621. The second kappa shape index (κ2) is 8.64. The minimum atomic E-state index is -0.0322. The van der Waals surface area contributed by atoms with Gasteiger partial charge in [0.15, 0.2) is 0 Å². The zero-order valence-corrected chi connectivity index (χ0v) is 15.0. The number of pyridine rings is 1. The van der Waals surface area contributed by atoms with Crippen LogP contribution in [0, 0.1) is 13.8 Å². The van der Waals surface area contributed by atoms with Crippen molar-refractivity contribution in [1.29, 1.82) is 0 Å². The van der Waals surface area contributed by atoms with Gasteiger partial charge >= 0.3 is 0 Å².